The maximum Gasteiger partial charge on any atom is 0.240 e. The van der Waals surface area contributed by atoms with Gasteiger partial charge in [0.15, 0.2) is 0 Å². The second-order valence-corrected chi connectivity index (χ2v) is 7.65. The van der Waals surface area contributed by atoms with E-state index in [4.69, 9.17) is 10.5 Å². The van der Waals surface area contributed by atoms with Crippen LogP contribution >= 0.6 is 11.3 Å². The van der Waals surface area contributed by atoms with E-state index in [9.17, 15) is 8.42 Å². The summed E-state index contributed by atoms with van der Waals surface area (Å²) in [5.74, 6) is 0.588. The van der Waals surface area contributed by atoms with Crippen LogP contribution in [0.25, 0.3) is 0 Å². The molecule has 0 saturated carbocycles. The molecule has 0 amide bonds. The Morgan fingerprint density at radius 1 is 1.29 bits per heavy atom. The Labute approximate surface area is 128 Å². The molecule has 0 aliphatic rings. The molecule has 2 aromatic rings. The van der Waals surface area contributed by atoms with Gasteiger partial charge in [0, 0.05) is 28.4 Å². The van der Waals surface area contributed by atoms with Gasteiger partial charge in [-0.05, 0) is 37.3 Å². The summed E-state index contributed by atoms with van der Waals surface area (Å²) in [5.41, 5.74) is 6.27. The number of rotatable bonds is 6. The molecule has 1 aromatic heterocycles. The van der Waals surface area contributed by atoms with Crippen molar-refractivity contribution in [3.63, 3.8) is 0 Å². The van der Waals surface area contributed by atoms with Crippen LogP contribution in [0.15, 0.2) is 35.2 Å². The van der Waals surface area contributed by atoms with Crippen molar-refractivity contribution < 1.29 is 13.2 Å². The number of hydrogen-bond donors (Lipinski definition) is 2. The molecule has 0 aliphatic heterocycles. The van der Waals surface area contributed by atoms with Crippen LogP contribution in [0, 0.1) is 6.92 Å². The van der Waals surface area contributed by atoms with Crippen molar-refractivity contribution in [3.05, 3.63) is 45.6 Å². The minimum atomic E-state index is -3.56. The number of nitrogens with one attached hydrogen (secondary N) is 1. The highest BCUT2D eigenvalue weighted by molar-refractivity contribution is 7.89. The molecule has 1 aromatic carbocycles. The Balaban J connectivity index is 2.19. The predicted octanol–water partition coefficient (Wildman–Crippen LogP) is 2.00. The van der Waals surface area contributed by atoms with Crippen LogP contribution in [0.4, 0.5) is 0 Å². The fourth-order valence-corrected chi connectivity index (χ4v) is 3.89. The normalized spacial score (nSPS) is 11.6. The first kappa shape index (κ1) is 16.0. The molecule has 3 N–H and O–H groups in total. The molecule has 2 rings (SSSR count). The van der Waals surface area contributed by atoms with Crippen molar-refractivity contribution >= 4 is 21.4 Å². The Kier molecular flexibility index (Phi) is 5.00. The highest BCUT2D eigenvalue weighted by Gasteiger charge is 2.16. The Morgan fingerprint density at radius 2 is 2.05 bits per heavy atom. The van der Waals surface area contributed by atoms with E-state index in [1.165, 1.54) is 13.2 Å². The fraction of sp³-hybridized carbons (Fsp3) is 0.286. The number of thiophene rings is 1. The van der Waals surface area contributed by atoms with E-state index in [1.54, 1.807) is 23.5 Å². The third-order valence-corrected chi connectivity index (χ3v) is 5.41. The lowest BCUT2D eigenvalue weighted by atomic mass is 10.2. The maximum absolute atomic E-state index is 12.3. The van der Waals surface area contributed by atoms with Crippen molar-refractivity contribution in [1.29, 1.82) is 0 Å². The van der Waals surface area contributed by atoms with E-state index in [2.05, 4.69) is 4.72 Å². The molecule has 0 atom stereocenters. The molecule has 0 radical (unpaired) electrons. The minimum absolute atomic E-state index is 0.192. The van der Waals surface area contributed by atoms with Gasteiger partial charge in [0.1, 0.15) is 5.75 Å². The number of aryl methyl sites for hydroxylation is 1. The molecule has 0 spiro atoms. The molecule has 7 heteroatoms. The third kappa shape index (κ3) is 3.82. The Bertz CT molecular complexity index is 724. The summed E-state index contributed by atoms with van der Waals surface area (Å²) in [6.45, 7) is 2.49. The fourth-order valence-electron chi connectivity index (χ4n) is 1.91. The predicted molar refractivity (Wildman–Crippen MR) is 84.0 cm³/mol. The molecule has 0 bridgehead atoms. The summed E-state index contributed by atoms with van der Waals surface area (Å²) in [5, 5.41) is 0. The molecule has 0 aliphatic carbocycles. The third-order valence-electron chi connectivity index (χ3n) is 3.01. The van der Waals surface area contributed by atoms with Crippen molar-refractivity contribution in [2.24, 2.45) is 5.73 Å². The first-order valence-corrected chi connectivity index (χ1v) is 8.68. The number of benzene rings is 1. The molecule has 0 fully saturated rings. The first-order valence-electron chi connectivity index (χ1n) is 6.38. The topological polar surface area (TPSA) is 81.4 Å². The number of nitrogens with two attached hydrogens (primary N) is 1. The van der Waals surface area contributed by atoms with Crippen molar-refractivity contribution in [2.45, 2.75) is 24.9 Å². The zero-order valence-electron chi connectivity index (χ0n) is 11.9. The largest absolute Gasteiger partial charge is 0.496 e. The summed E-state index contributed by atoms with van der Waals surface area (Å²) in [6.07, 6.45) is 0. The van der Waals surface area contributed by atoms with Gasteiger partial charge >= 0.3 is 0 Å². The first-order chi connectivity index (χ1) is 9.96. The summed E-state index contributed by atoms with van der Waals surface area (Å²) >= 11 is 1.57. The number of hydrogen-bond acceptors (Lipinski definition) is 5. The number of methoxy groups -OCH3 is 1. The summed E-state index contributed by atoms with van der Waals surface area (Å²) in [6, 6.07) is 8.56. The zero-order valence-corrected chi connectivity index (χ0v) is 13.6. The average Bonchev–Trinajstić information content (AvgIpc) is 2.90. The van der Waals surface area contributed by atoms with Gasteiger partial charge < -0.3 is 10.5 Å². The van der Waals surface area contributed by atoms with E-state index < -0.39 is 10.0 Å². The van der Waals surface area contributed by atoms with Gasteiger partial charge in [0.05, 0.1) is 12.0 Å². The van der Waals surface area contributed by atoms with Crippen molar-refractivity contribution in [1.82, 2.24) is 4.72 Å². The lowest BCUT2D eigenvalue weighted by molar-refractivity contribution is 0.409. The highest BCUT2D eigenvalue weighted by atomic mass is 32.2. The van der Waals surface area contributed by atoms with E-state index in [0.717, 1.165) is 9.75 Å². The maximum atomic E-state index is 12.3. The van der Waals surface area contributed by atoms with Crippen LogP contribution in [-0.2, 0) is 23.1 Å². The van der Waals surface area contributed by atoms with Crippen molar-refractivity contribution in [2.75, 3.05) is 7.11 Å². The zero-order chi connectivity index (χ0) is 15.5. The molecule has 5 nitrogen and oxygen atoms in total. The molecular formula is C14H18N2O3S2. The van der Waals surface area contributed by atoms with E-state index in [1.807, 2.05) is 19.1 Å². The van der Waals surface area contributed by atoms with Crippen LogP contribution in [-0.4, -0.2) is 15.5 Å². The van der Waals surface area contributed by atoms with Crippen LogP contribution in [0.5, 0.6) is 5.75 Å². The van der Waals surface area contributed by atoms with E-state index >= 15 is 0 Å². The second kappa shape index (κ2) is 6.57. The number of sulfonamides is 1. The van der Waals surface area contributed by atoms with Crippen LogP contribution in [0.2, 0.25) is 0 Å². The Hall–Kier alpha value is -1.41. The molecule has 0 unspecified atom stereocenters. The van der Waals surface area contributed by atoms with Gasteiger partial charge in [-0.1, -0.05) is 0 Å². The van der Waals surface area contributed by atoms with Crippen LogP contribution in [0.1, 0.15) is 15.3 Å². The summed E-state index contributed by atoms with van der Waals surface area (Å²) in [4.78, 5) is 2.32. The highest BCUT2D eigenvalue weighted by Crippen LogP contribution is 2.22. The minimum Gasteiger partial charge on any atom is -0.496 e. The van der Waals surface area contributed by atoms with Gasteiger partial charge in [-0.2, -0.15) is 0 Å². The summed E-state index contributed by atoms with van der Waals surface area (Å²) < 4.78 is 32.3. The van der Waals surface area contributed by atoms with Gasteiger partial charge in [0.25, 0.3) is 0 Å². The average molecular weight is 326 g/mol. The molecule has 0 saturated heterocycles. The Morgan fingerprint density at radius 3 is 2.62 bits per heavy atom. The quantitative estimate of drug-likeness (QED) is 0.851. The van der Waals surface area contributed by atoms with Gasteiger partial charge in [-0.15, -0.1) is 11.3 Å². The number of ether oxygens (including phenoxy) is 1. The molecule has 21 heavy (non-hydrogen) atoms. The van der Waals surface area contributed by atoms with Crippen LogP contribution in [0.3, 0.4) is 0 Å². The van der Waals surface area contributed by atoms with Gasteiger partial charge in [-0.3, -0.25) is 0 Å². The van der Waals surface area contributed by atoms with E-state index in [-0.39, 0.29) is 18.0 Å². The standard InChI is InChI=1S/C14H18N2O3S2/c1-10-3-4-12(20-10)9-16-21(17,18)13-5-6-14(19-2)11(7-13)8-15/h3-7,16H,8-9,15H2,1-2H3. The van der Waals surface area contributed by atoms with E-state index in [0.29, 0.717) is 11.3 Å². The van der Waals surface area contributed by atoms with Crippen molar-refractivity contribution in [3.8, 4) is 5.75 Å². The smallest absolute Gasteiger partial charge is 0.240 e. The molecular weight excluding hydrogens is 308 g/mol. The molecule has 114 valence electrons. The monoisotopic (exact) mass is 326 g/mol. The SMILES string of the molecule is COc1ccc(S(=O)(=O)NCc2ccc(C)s2)cc1CN. The van der Waals surface area contributed by atoms with Gasteiger partial charge in [-0.25, -0.2) is 13.1 Å². The van der Waals surface area contributed by atoms with Gasteiger partial charge in [0.2, 0.25) is 10.0 Å². The second-order valence-electron chi connectivity index (χ2n) is 4.51. The molecule has 1 heterocycles. The lowest BCUT2D eigenvalue weighted by Gasteiger charge is -2.10. The lowest BCUT2D eigenvalue weighted by Crippen LogP contribution is -2.23. The van der Waals surface area contributed by atoms with Crippen LogP contribution < -0.4 is 15.2 Å². The summed E-state index contributed by atoms with van der Waals surface area (Å²) in [7, 11) is -2.03.